The van der Waals surface area contributed by atoms with Crippen molar-refractivity contribution in [2.75, 3.05) is 25.4 Å². The lowest BCUT2D eigenvalue weighted by Crippen LogP contribution is -2.56. The number of hydrogen-bond acceptors (Lipinski definition) is 3. The van der Waals surface area contributed by atoms with Crippen LogP contribution in [0.25, 0.3) is 0 Å². The Bertz CT molecular complexity index is 422. The van der Waals surface area contributed by atoms with Crippen molar-refractivity contribution in [2.24, 2.45) is 5.73 Å². The van der Waals surface area contributed by atoms with Crippen molar-refractivity contribution in [3.05, 3.63) is 35.9 Å². The minimum absolute atomic E-state index is 0.258. The third-order valence-electron chi connectivity index (χ3n) is 5.10. The summed E-state index contributed by atoms with van der Waals surface area (Å²) in [6, 6.07) is 11.0. The summed E-state index contributed by atoms with van der Waals surface area (Å²) < 4.78 is 0. The maximum Gasteiger partial charge on any atom is 0.0455 e. The second kappa shape index (κ2) is 5.47. The maximum absolute atomic E-state index is 6.17. The largest absolute Gasteiger partial charge is 0.329 e. The van der Waals surface area contributed by atoms with Gasteiger partial charge in [-0.05, 0) is 36.6 Å². The summed E-state index contributed by atoms with van der Waals surface area (Å²) in [5.74, 6) is 1.97. The van der Waals surface area contributed by atoms with Gasteiger partial charge in [0, 0.05) is 23.9 Å². The molecule has 0 saturated carbocycles. The minimum atomic E-state index is 0.258. The van der Waals surface area contributed by atoms with Crippen LogP contribution in [0.4, 0.5) is 0 Å². The van der Waals surface area contributed by atoms with Gasteiger partial charge in [-0.25, -0.2) is 0 Å². The Hall–Kier alpha value is -0.510. The number of nitrogens with zero attached hydrogens (tertiary/aromatic N) is 1. The van der Waals surface area contributed by atoms with Gasteiger partial charge in [0.1, 0.15) is 0 Å². The molecule has 3 heteroatoms. The third kappa shape index (κ3) is 2.32. The molecule has 2 nitrogen and oxygen atoms in total. The topological polar surface area (TPSA) is 29.3 Å². The van der Waals surface area contributed by atoms with E-state index in [1.165, 1.54) is 37.2 Å². The van der Waals surface area contributed by atoms with Crippen LogP contribution in [0.15, 0.2) is 30.3 Å². The molecule has 0 aromatic heterocycles. The van der Waals surface area contributed by atoms with Gasteiger partial charge in [-0.3, -0.25) is 4.90 Å². The van der Waals surface area contributed by atoms with Gasteiger partial charge in [-0.2, -0.15) is 11.8 Å². The highest BCUT2D eigenvalue weighted by Gasteiger charge is 2.46. The van der Waals surface area contributed by atoms with Crippen LogP contribution in [-0.4, -0.2) is 41.1 Å². The smallest absolute Gasteiger partial charge is 0.0455 e. The predicted molar refractivity (Wildman–Crippen MR) is 83.7 cm³/mol. The molecule has 3 unspecified atom stereocenters. The molecule has 3 atom stereocenters. The number of nitrogens with two attached hydrogens (primary N) is 1. The van der Waals surface area contributed by atoms with Crippen molar-refractivity contribution in [1.29, 1.82) is 0 Å². The fraction of sp³-hybridized carbons (Fsp3) is 0.625. The Labute approximate surface area is 120 Å². The highest BCUT2D eigenvalue weighted by atomic mass is 32.2. The molecule has 0 radical (unpaired) electrons. The van der Waals surface area contributed by atoms with Gasteiger partial charge in [0.05, 0.1) is 0 Å². The molecule has 2 N–H and O–H groups in total. The third-order valence-corrected chi connectivity index (χ3v) is 6.48. The molecular weight excluding hydrogens is 252 g/mol. The number of hydrogen-bond donors (Lipinski definition) is 1. The highest BCUT2D eigenvalue weighted by Crippen LogP contribution is 2.43. The van der Waals surface area contributed by atoms with Gasteiger partial charge in [-0.15, -0.1) is 0 Å². The molecule has 0 bridgehead atoms. The van der Waals surface area contributed by atoms with Gasteiger partial charge in [0.2, 0.25) is 0 Å². The summed E-state index contributed by atoms with van der Waals surface area (Å²) in [7, 11) is 0. The zero-order valence-electron chi connectivity index (χ0n) is 11.7. The molecule has 2 fully saturated rings. The first-order chi connectivity index (χ1) is 9.26. The second-order valence-electron chi connectivity index (χ2n) is 5.91. The lowest BCUT2D eigenvalue weighted by molar-refractivity contribution is 0.126. The first-order valence-electron chi connectivity index (χ1n) is 7.38. The Morgan fingerprint density at radius 3 is 2.79 bits per heavy atom. The van der Waals surface area contributed by atoms with E-state index in [2.05, 4.69) is 53.9 Å². The van der Waals surface area contributed by atoms with E-state index in [0.29, 0.717) is 11.2 Å². The summed E-state index contributed by atoms with van der Waals surface area (Å²) in [6.45, 7) is 5.57. The zero-order valence-corrected chi connectivity index (χ0v) is 12.5. The minimum Gasteiger partial charge on any atom is -0.329 e. The zero-order chi connectivity index (χ0) is 13.3. The van der Waals surface area contributed by atoms with E-state index >= 15 is 0 Å². The Balaban J connectivity index is 1.75. The van der Waals surface area contributed by atoms with Crippen molar-refractivity contribution < 1.29 is 0 Å². The lowest BCUT2D eigenvalue weighted by Gasteiger charge is -2.41. The average molecular weight is 276 g/mol. The molecule has 1 aromatic rings. The number of thioether (sulfide) groups is 1. The Kier molecular flexibility index (Phi) is 3.88. The molecule has 19 heavy (non-hydrogen) atoms. The standard InChI is InChI=1S/C16H24N2S/c1-13-16(12-17,8-10-19-13)18-9-7-15(11-18)14-5-3-2-4-6-14/h2-6,13,15H,7-12,17H2,1H3. The van der Waals surface area contributed by atoms with Crippen molar-refractivity contribution in [1.82, 2.24) is 4.90 Å². The van der Waals surface area contributed by atoms with Crippen LogP contribution in [0.2, 0.25) is 0 Å². The number of rotatable bonds is 3. The van der Waals surface area contributed by atoms with E-state index in [-0.39, 0.29) is 5.54 Å². The fourth-order valence-electron chi connectivity index (χ4n) is 3.75. The summed E-state index contributed by atoms with van der Waals surface area (Å²) in [4.78, 5) is 2.69. The molecular formula is C16H24N2S. The van der Waals surface area contributed by atoms with E-state index in [9.17, 15) is 0 Å². The monoisotopic (exact) mass is 276 g/mol. The Morgan fingerprint density at radius 2 is 2.16 bits per heavy atom. The Morgan fingerprint density at radius 1 is 1.37 bits per heavy atom. The second-order valence-corrected chi connectivity index (χ2v) is 7.36. The average Bonchev–Trinajstić information content (AvgIpc) is 3.07. The van der Waals surface area contributed by atoms with Crippen molar-refractivity contribution >= 4 is 11.8 Å². The molecule has 104 valence electrons. The summed E-state index contributed by atoms with van der Waals surface area (Å²) in [5.41, 5.74) is 7.92. The van der Waals surface area contributed by atoms with E-state index in [1.54, 1.807) is 0 Å². The molecule has 3 rings (SSSR count). The summed E-state index contributed by atoms with van der Waals surface area (Å²) >= 11 is 2.09. The summed E-state index contributed by atoms with van der Waals surface area (Å²) in [6.07, 6.45) is 2.54. The maximum atomic E-state index is 6.17. The quantitative estimate of drug-likeness (QED) is 0.920. The van der Waals surface area contributed by atoms with Gasteiger partial charge in [-0.1, -0.05) is 37.3 Å². The van der Waals surface area contributed by atoms with Crippen LogP contribution < -0.4 is 5.73 Å². The fourth-order valence-corrected chi connectivity index (χ4v) is 5.24. The molecule has 2 aliphatic heterocycles. The number of benzene rings is 1. The van der Waals surface area contributed by atoms with Gasteiger partial charge >= 0.3 is 0 Å². The van der Waals surface area contributed by atoms with Crippen LogP contribution in [0.3, 0.4) is 0 Å². The molecule has 2 saturated heterocycles. The van der Waals surface area contributed by atoms with Crippen LogP contribution >= 0.6 is 11.8 Å². The van der Waals surface area contributed by atoms with E-state index in [0.717, 1.165) is 6.54 Å². The first kappa shape index (κ1) is 13.5. The van der Waals surface area contributed by atoms with Crippen LogP contribution in [0, 0.1) is 0 Å². The first-order valence-corrected chi connectivity index (χ1v) is 8.43. The predicted octanol–water partition coefficient (Wildman–Crippen LogP) is 2.70. The lowest BCUT2D eigenvalue weighted by atomic mass is 9.90. The summed E-state index contributed by atoms with van der Waals surface area (Å²) in [5, 5.41) is 0.673. The van der Waals surface area contributed by atoms with E-state index in [4.69, 9.17) is 5.73 Å². The SMILES string of the molecule is CC1SCCC1(CN)N1CCC(c2ccccc2)C1. The van der Waals surface area contributed by atoms with Crippen molar-refractivity contribution in [3.8, 4) is 0 Å². The molecule has 0 spiro atoms. The van der Waals surface area contributed by atoms with E-state index in [1.807, 2.05) is 0 Å². The van der Waals surface area contributed by atoms with Crippen LogP contribution in [0.5, 0.6) is 0 Å². The van der Waals surface area contributed by atoms with Gasteiger partial charge < -0.3 is 5.73 Å². The van der Waals surface area contributed by atoms with Crippen LogP contribution in [-0.2, 0) is 0 Å². The normalized spacial score (nSPS) is 35.9. The molecule has 2 aliphatic rings. The molecule has 2 heterocycles. The van der Waals surface area contributed by atoms with Crippen molar-refractivity contribution in [3.63, 3.8) is 0 Å². The molecule has 0 amide bonds. The van der Waals surface area contributed by atoms with E-state index < -0.39 is 0 Å². The van der Waals surface area contributed by atoms with Crippen molar-refractivity contribution in [2.45, 2.75) is 36.5 Å². The molecule has 1 aromatic carbocycles. The van der Waals surface area contributed by atoms with Gasteiger partial charge in [0.25, 0.3) is 0 Å². The van der Waals surface area contributed by atoms with Crippen LogP contribution in [0.1, 0.15) is 31.2 Å². The highest BCUT2D eigenvalue weighted by molar-refractivity contribution is 8.00. The molecule has 0 aliphatic carbocycles. The number of likely N-dealkylation sites (tertiary alicyclic amines) is 1. The van der Waals surface area contributed by atoms with Gasteiger partial charge in [0.15, 0.2) is 0 Å².